The Morgan fingerprint density at radius 2 is 2.33 bits per heavy atom. The number of hydrogen-bond donors (Lipinski definition) is 1. The van der Waals surface area contributed by atoms with Crippen molar-refractivity contribution in [3.05, 3.63) is 29.8 Å². The Balaban J connectivity index is 2.11. The van der Waals surface area contributed by atoms with Gasteiger partial charge in [0.2, 0.25) is 0 Å². The van der Waals surface area contributed by atoms with E-state index in [1.54, 1.807) is 7.11 Å². The third-order valence-corrected chi connectivity index (χ3v) is 2.21. The van der Waals surface area contributed by atoms with E-state index in [2.05, 4.69) is 29.6 Å². The lowest BCUT2D eigenvalue weighted by atomic mass is 10.1. The summed E-state index contributed by atoms with van der Waals surface area (Å²) in [5.41, 5.74) is 2.67. The normalized spacial score (nSPS) is 20.2. The van der Waals surface area contributed by atoms with E-state index in [9.17, 15) is 0 Å². The highest BCUT2D eigenvalue weighted by Gasteiger charge is 2.18. The fraction of sp³-hybridized carbons (Fsp3) is 0.400. The van der Waals surface area contributed by atoms with Crippen molar-refractivity contribution in [3.8, 4) is 0 Å². The maximum absolute atomic E-state index is 5.09. The molecule has 2 rings (SSSR count). The van der Waals surface area contributed by atoms with Crippen LogP contribution < -0.4 is 5.32 Å². The Morgan fingerprint density at radius 1 is 1.50 bits per heavy atom. The summed E-state index contributed by atoms with van der Waals surface area (Å²) in [5, 5.41) is 3.41. The van der Waals surface area contributed by atoms with Gasteiger partial charge in [-0.3, -0.25) is 0 Å². The summed E-state index contributed by atoms with van der Waals surface area (Å²) in [6.45, 7) is 0.786. The summed E-state index contributed by atoms with van der Waals surface area (Å²) in [5.74, 6) is 0. The number of ether oxygens (including phenoxy) is 1. The van der Waals surface area contributed by atoms with E-state index in [0.717, 1.165) is 13.0 Å². The van der Waals surface area contributed by atoms with Crippen molar-refractivity contribution in [2.24, 2.45) is 0 Å². The van der Waals surface area contributed by atoms with Crippen LogP contribution in [0.1, 0.15) is 5.56 Å². The van der Waals surface area contributed by atoms with Gasteiger partial charge in [-0.15, -0.1) is 0 Å². The van der Waals surface area contributed by atoms with Crippen molar-refractivity contribution in [1.82, 2.24) is 0 Å². The third-order valence-electron chi connectivity index (χ3n) is 2.21. The quantitative estimate of drug-likeness (QED) is 0.716. The minimum atomic E-state index is 0.465. The van der Waals surface area contributed by atoms with Crippen molar-refractivity contribution in [3.63, 3.8) is 0 Å². The number of nitrogens with one attached hydrogen (secondary N) is 1. The molecule has 0 spiro atoms. The van der Waals surface area contributed by atoms with Crippen molar-refractivity contribution in [1.29, 1.82) is 0 Å². The van der Waals surface area contributed by atoms with Crippen molar-refractivity contribution >= 4 is 5.69 Å². The van der Waals surface area contributed by atoms with Crippen molar-refractivity contribution in [2.75, 3.05) is 19.0 Å². The first-order valence-corrected chi connectivity index (χ1v) is 4.23. The van der Waals surface area contributed by atoms with E-state index in [4.69, 9.17) is 4.74 Å². The summed E-state index contributed by atoms with van der Waals surface area (Å²) < 4.78 is 5.09. The number of hydrogen-bond acceptors (Lipinski definition) is 2. The first-order valence-electron chi connectivity index (χ1n) is 4.23. The molecule has 0 saturated heterocycles. The predicted molar refractivity (Wildman–Crippen MR) is 49.4 cm³/mol. The Morgan fingerprint density at radius 3 is 3.08 bits per heavy atom. The summed E-state index contributed by atoms with van der Waals surface area (Å²) in [4.78, 5) is 0. The van der Waals surface area contributed by atoms with Gasteiger partial charge in [-0.05, 0) is 18.1 Å². The molecular weight excluding hydrogens is 150 g/mol. The molecule has 1 aliphatic heterocycles. The monoisotopic (exact) mass is 163 g/mol. The van der Waals surface area contributed by atoms with Gasteiger partial charge in [0.1, 0.15) is 0 Å². The SMILES string of the molecule is COC[C@@H]1Cc2ccccc2N1. The molecule has 12 heavy (non-hydrogen) atoms. The summed E-state index contributed by atoms with van der Waals surface area (Å²) in [6, 6.07) is 8.88. The Hall–Kier alpha value is -1.02. The molecule has 1 aromatic carbocycles. The Labute approximate surface area is 72.5 Å². The smallest absolute Gasteiger partial charge is 0.0667 e. The molecule has 0 bridgehead atoms. The lowest BCUT2D eigenvalue weighted by molar-refractivity contribution is 0.187. The molecule has 0 saturated carbocycles. The number of fused-ring (bicyclic) bond motifs is 1. The molecule has 1 atom stereocenters. The second-order valence-corrected chi connectivity index (χ2v) is 3.16. The number of para-hydroxylation sites is 1. The molecule has 64 valence electrons. The summed E-state index contributed by atoms with van der Waals surface area (Å²) in [7, 11) is 1.74. The molecular formula is C10H13NO. The molecule has 0 amide bonds. The molecule has 0 unspecified atom stereocenters. The van der Waals surface area contributed by atoms with Crippen LogP contribution in [0.5, 0.6) is 0 Å². The standard InChI is InChI=1S/C10H13NO/c1-12-7-9-6-8-4-2-3-5-10(8)11-9/h2-5,9,11H,6-7H2,1H3/t9-/m0/s1. The van der Waals surface area contributed by atoms with Crippen LogP contribution in [0.4, 0.5) is 5.69 Å². The zero-order valence-electron chi connectivity index (χ0n) is 7.21. The van der Waals surface area contributed by atoms with Crippen LogP contribution >= 0.6 is 0 Å². The van der Waals surface area contributed by atoms with Crippen LogP contribution in [0.2, 0.25) is 0 Å². The first-order chi connectivity index (χ1) is 5.90. The van der Waals surface area contributed by atoms with Crippen LogP contribution in [0.15, 0.2) is 24.3 Å². The van der Waals surface area contributed by atoms with Gasteiger partial charge >= 0.3 is 0 Å². The van der Waals surface area contributed by atoms with E-state index in [0.29, 0.717) is 6.04 Å². The van der Waals surface area contributed by atoms with E-state index in [1.807, 2.05) is 0 Å². The molecule has 2 nitrogen and oxygen atoms in total. The van der Waals surface area contributed by atoms with E-state index >= 15 is 0 Å². The van der Waals surface area contributed by atoms with Gasteiger partial charge in [-0.1, -0.05) is 18.2 Å². The van der Waals surface area contributed by atoms with Crippen LogP contribution in [0.3, 0.4) is 0 Å². The molecule has 1 aromatic rings. The van der Waals surface area contributed by atoms with Crippen LogP contribution in [0, 0.1) is 0 Å². The topological polar surface area (TPSA) is 21.3 Å². The molecule has 0 aromatic heterocycles. The summed E-state index contributed by atoms with van der Waals surface area (Å²) in [6.07, 6.45) is 1.09. The third kappa shape index (κ3) is 1.30. The second kappa shape index (κ2) is 3.15. The van der Waals surface area contributed by atoms with Gasteiger partial charge in [0.15, 0.2) is 0 Å². The highest BCUT2D eigenvalue weighted by molar-refractivity contribution is 5.56. The molecule has 1 N–H and O–H groups in total. The Bertz CT molecular complexity index is 247. The highest BCUT2D eigenvalue weighted by atomic mass is 16.5. The molecule has 0 aliphatic carbocycles. The average Bonchev–Trinajstić information content (AvgIpc) is 2.47. The van der Waals surface area contributed by atoms with Crippen molar-refractivity contribution in [2.45, 2.75) is 12.5 Å². The molecule has 1 heterocycles. The maximum atomic E-state index is 5.09. The average molecular weight is 163 g/mol. The number of rotatable bonds is 2. The van der Waals surface area contributed by atoms with Gasteiger partial charge in [-0.25, -0.2) is 0 Å². The van der Waals surface area contributed by atoms with Crippen LogP contribution in [0.25, 0.3) is 0 Å². The lowest BCUT2D eigenvalue weighted by Crippen LogP contribution is -2.21. The first kappa shape index (κ1) is 7.62. The van der Waals surface area contributed by atoms with E-state index in [-0.39, 0.29) is 0 Å². The minimum absolute atomic E-state index is 0.465. The van der Waals surface area contributed by atoms with Crippen LogP contribution in [-0.2, 0) is 11.2 Å². The van der Waals surface area contributed by atoms with Gasteiger partial charge in [0.25, 0.3) is 0 Å². The minimum Gasteiger partial charge on any atom is -0.383 e. The van der Waals surface area contributed by atoms with Crippen LogP contribution in [-0.4, -0.2) is 19.8 Å². The largest absolute Gasteiger partial charge is 0.383 e. The Kier molecular flexibility index (Phi) is 2.00. The number of anilines is 1. The van der Waals surface area contributed by atoms with Gasteiger partial charge in [-0.2, -0.15) is 0 Å². The molecule has 0 fully saturated rings. The number of methoxy groups -OCH3 is 1. The zero-order valence-corrected chi connectivity index (χ0v) is 7.21. The lowest BCUT2D eigenvalue weighted by Gasteiger charge is -2.08. The fourth-order valence-electron chi connectivity index (χ4n) is 1.68. The number of benzene rings is 1. The summed E-state index contributed by atoms with van der Waals surface area (Å²) >= 11 is 0. The van der Waals surface area contributed by atoms with Gasteiger partial charge < -0.3 is 10.1 Å². The van der Waals surface area contributed by atoms with Gasteiger partial charge in [0.05, 0.1) is 12.6 Å². The van der Waals surface area contributed by atoms with Gasteiger partial charge in [0, 0.05) is 12.8 Å². The van der Waals surface area contributed by atoms with E-state index in [1.165, 1.54) is 11.3 Å². The fourth-order valence-corrected chi connectivity index (χ4v) is 1.68. The van der Waals surface area contributed by atoms with E-state index < -0.39 is 0 Å². The molecule has 1 aliphatic rings. The highest BCUT2D eigenvalue weighted by Crippen LogP contribution is 2.24. The molecule has 2 heteroatoms. The zero-order chi connectivity index (χ0) is 8.39. The second-order valence-electron chi connectivity index (χ2n) is 3.16. The maximum Gasteiger partial charge on any atom is 0.0667 e. The van der Waals surface area contributed by atoms with Crippen molar-refractivity contribution < 1.29 is 4.74 Å². The predicted octanol–water partition coefficient (Wildman–Crippen LogP) is 1.67. The molecule has 0 radical (unpaired) electrons.